The van der Waals surface area contributed by atoms with Crippen molar-refractivity contribution in [2.24, 2.45) is 10.7 Å². The maximum absolute atomic E-state index is 5.84. The minimum atomic E-state index is 0.276. The predicted octanol–water partition coefficient (Wildman–Crippen LogP) is 2.66. The molecule has 23 heavy (non-hydrogen) atoms. The van der Waals surface area contributed by atoms with Crippen molar-refractivity contribution >= 4 is 16.9 Å². The smallest absolute Gasteiger partial charge is 0.231 e. The molecule has 0 bridgehead atoms. The standard InChI is InChI=1S/C16H24N2O4S/c1-2-19-8-3-7-18-16(17)23-10-4-9-20-13-5-6-14-15(11-13)22-12-21-14/h5-6,11H,2-4,7-10,12H2,1H3,(H2,17,18). The average Bonchev–Trinajstić information content (AvgIpc) is 3.02. The summed E-state index contributed by atoms with van der Waals surface area (Å²) < 4.78 is 21.5. The number of benzene rings is 1. The van der Waals surface area contributed by atoms with Gasteiger partial charge in [-0.25, -0.2) is 0 Å². The first-order valence-electron chi connectivity index (χ1n) is 7.82. The molecule has 0 amide bonds. The van der Waals surface area contributed by atoms with Crippen molar-refractivity contribution in [3.63, 3.8) is 0 Å². The lowest BCUT2D eigenvalue weighted by molar-refractivity contribution is 0.146. The van der Waals surface area contributed by atoms with Gasteiger partial charge in [0, 0.05) is 31.6 Å². The van der Waals surface area contributed by atoms with Crippen LogP contribution in [0.5, 0.6) is 17.2 Å². The van der Waals surface area contributed by atoms with Crippen LogP contribution in [0.1, 0.15) is 19.8 Å². The van der Waals surface area contributed by atoms with Gasteiger partial charge in [0.15, 0.2) is 16.7 Å². The second kappa shape index (κ2) is 10.2. The highest BCUT2D eigenvalue weighted by atomic mass is 32.2. The number of nitrogens with zero attached hydrogens (tertiary/aromatic N) is 1. The van der Waals surface area contributed by atoms with E-state index in [2.05, 4.69) is 4.99 Å². The van der Waals surface area contributed by atoms with Crippen molar-refractivity contribution in [3.05, 3.63) is 18.2 Å². The van der Waals surface area contributed by atoms with Gasteiger partial charge in [-0.3, -0.25) is 4.99 Å². The van der Waals surface area contributed by atoms with Gasteiger partial charge in [-0.1, -0.05) is 11.8 Å². The zero-order valence-corrected chi connectivity index (χ0v) is 14.3. The molecule has 2 rings (SSSR count). The Labute approximate surface area is 141 Å². The second-order valence-corrected chi connectivity index (χ2v) is 5.95. The number of thioether (sulfide) groups is 1. The molecule has 0 aromatic heterocycles. The summed E-state index contributed by atoms with van der Waals surface area (Å²) in [4.78, 5) is 4.30. The molecular weight excluding hydrogens is 316 g/mol. The third-order valence-corrected chi connectivity index (χ3v) is 3.99. The molecule has 1 aliphatic rings. The van der Waals surface area contributed by atoms with Crippen LogP contribution < -0.4 is 19.9 Å². The Morgan fingerprint density at radius 1 is 1.26 bits per heavy atom. The lowest BCUT2D eigenvalue weighted by Gasteiger charge is -2.07. The Balaban J connectivity index is 1.54. The summed E-state index contributed by atoms with van der Waals surface area (Å²) in [6, 6.07) is 5.60. The Morgan fingerprint density at radius 2 is 2.13 bits per heavy atom. The Bertz CT molecular complexity index is 511. The van der Waals surface area contributed by atoms with E-state index in [1.807, 2.05) is 25.1 Å². The molecule has 1 aromatic carbocycles. The summed E-state index contributed by atoms with van der Waals surface area (Å²) in [5, 5.41) is 0.629. The molecule has 0 unspecified atom stereocenters. The topological polar surface area (TPSA) is 75.3 Å². The quantitative estimate of drug-likeness (QED) is 0.401. The molecule has 1 aromatic rings. The average molecular weight is 340 g/mol. The number of ether oxygens (including phenoxy) is 4. The number of amidine groups is 1. The summed E-state index contributed by atoms with van der Waals surface area (Å²) in [5.41, 5.74) is 5.84. The molecule has 6 nitrogen and oxygen atoms in total. The van der Waals surface area contributed by atoms with Gasteiger partial charge in [0.25, 0.3) is 0 Å². The molecule has 0 radical (unpaired) electrons. The van der Waals surface area contributed by atoms with Crippen LogP contribution in [-0.4, -0.2) is 44.1 Å². The third kappa shape index (κ3) is 6.58. The SMILES string of the molecule is CCOCCCN=C(N)SCCCOc1ccc2c(c1)OCO2. The van der Waals surface area contributed by atoms with Gasteiger partial charge in [0.2, 0.25) is 6.79 Å². The van der Waals surface area contributed by atoms with Crippen LogP contribution in [-0.2, 0) is 4.74 Å². The van der Waals surface area contributed by atoms with Crippen molar-refractivity contribution in [2.45, 2.75) is 19.8 Å². The van der Waals surface area contributed by atoms with Crippen LogP contribution in [0, 0.1) is 0 Å². The maximum Gasteiger partial charge on any atom is 0.231 e. The van der Waals surface area contributed by atoms with E-state index in [-0.39, 0.29) is 6.79 Å². The molecule has 1 aliphatic heterocycles. The molecule has 0 fully saturated rings. The highest BCUT2D eigenvalue weighted by molar-refractivity contribution is 8.13. The first-order valence-corrected chi connectivity index (χ1v) is 8.81. The van der Waals surface area contributed by atoms with Crippen molar-refractivity contribution in [1.29, 1.82) is 0 Å². The van der Waals surface area contributed by atoms with Gasteiger partial charge in [0.1, 0.15) is 5.75 Å². The first-order chi connectivity index (χ1) is 11.3. The summed E-state index contributed by atoms with van der Waals surface area (Å²) in [5.74, 6) is 3.17. The normalized spacial score (nSPS) is 13.3. The van der Waals surface area contributed by atoms with Gasteiger partial charge in [-0.05, 0) is 31.9 Å². The number of fused-ring (bicyclic) bond motifs is 1. The van der Waals surface area contributed by atoms with Gasteiger partial charge in [0.05, 0.1) is 6.61 Å². The van der Waals surface area contributed by atoms with Crippen LogP contribution in [0.25, 0.3) is 0 Å². The molecule has 7 heteroatoms. The Kier molecular flexibility index (Phi) is 7.89. The van der Waals surface area contributed by atoms with Crippen LogP contribution >= 0.6 is 11.8 Å². The molecule has 0 saturated heterocycles. The van der Waals surface area contributed by atoms with Crippen molar-refractivity contribution in [1.82, 2.24) is 0 Å². The molecule has 0 spiro atoms. The van der Waals surface area contributed by atoms with Gasteiger partial charge in [-0.15, -0.1) is 0 Å². The molecule has 0 aliphatic carbocycles. The molecule has 2 N–H and O–H groups in total. The summed E-state index contributed by atoms with van der Waals surface area (Å²) in [6.45, 7) is 5.09. The summed E-state index contributed by atoms with van der Waals surface area (Å²) in [6.07, 6.45) is 1.80. The lowest BCUT2D eigenvalue weighted by atomic mass is 10.3. The number of hydrogen-bond acceptors (Lipinski definition) is 6. The van der Waals surface area contributed by atoms with Crippen LogP contribution in [0.2, 0.25) is 0 Å². The fraction of sp³-hybridized carbons (Fsp3) is 0.562. The van der Waals surface area contributed by atoms with E-state index in [1.165, 1.54) is 0 Å². The number of nitrogens with two attached hydrogens (primary N) is 1. The van der Waals surface area contributed by atoms with Gasteiger partial charge >= 0.3 is 0 Å². The predicted molar refractivity (Wildman–Crippen MR) is 92.7 cm³/mol. The van der Waals surface area contributed by atoms with Crippen LogP contribution in [0.15, 0.2) is 23.2 Å². The van der Waals surface area contributed by atoms with Gasteiger partial charge < -0.3 is 24.7 Å². The number of rotatable bonds is 10. The Morgan fingerprint density at radius 3 is 3.00 bits per heavy atom. The zero-order valence-electron chi connectivity index (χ0n) is 13.5. The molecule has 1 heterocycles. The lowest BCUT2D eigenvalue weighted by Crippen LogP contribution is -2.10. The van der Waals surface area contributed by atoms with Crippen LogP contribution in [0.4, 0.5) is 0 Å². The zero-order chi connectivity index (χ0) is 16.3. The highest BCUT2D eigenvalue weighted by Gasteiger charge is 2.13. The van der Waals surface area contributed by atoms with Crippen LogP contribution in [0.3, 0.4) is 0 Å². The Hall–Kier alpha value is -1.60. The summed E-state index contributed by atoms with van der Waals surface area (Å²) >= 11 is 1.56. The highest BCUT2D eigenvalue weighted by Crippen LogP contribution is 2.35. The van der Waals surface area contributed by atoms with E-state index in [1.54, 1.807) is 11.8 Å². The number of hydrogen-bond donors (Lipinski definition) is 1. The fourth-order valence-electron chi connectivity index (χ4n) is 1.94. The second-order valence-electron chi connectivity index (χ2n) is 4.84. The maximum atomic E-state index is 5.84. The summed E-state index contributed by atoms with van der Waals surface area (Å²) in [7, 11) is 0. The van der Waals surface area contributed by atoms with Gasteiger partial charge in [-0.2, -0.15) is 0 Å². The first kappa shape index (κ1) is 17.7. The van der Waals surface area contributed by atoms with Crippen molar-refractivity contribution < 1.29 is 18.9 Å². The van der Waals surface area contributed by atoms with Crippen molar-refractivity contribution in [2.75, 3.05) is 38.9 Å². The van der Waals surface area contributed by atoms with Crippen molar-refractivity contribution in [3.8, 4) is 17.2 Å². The minimum Gasteiger partial charge on any atom is -0.493 e. The van der Waals surface area contributed by atoms with E-state index in [9.17, 15) is 0 Å². The largest absolute Gasteiger partial charge is 0.493 e. The molecule has 0 atom stereocenters. The number of aliphatic imine (C=N–C) groups is 1. The van der Waals surface area contributed by atoms with E-state index in [0.717, 1.165) is 49.1 Å². The van der Waals surface area contributed by atoms with E-state index < -0.39 is 0 Å². The van der Waals surface area contributed by atoms with E-state index in [0.29, 0.717) is 18.3 Å². The molecule has 128 valence electrons. The monoisotopic (exact) mass is 340 g/mol. The minimum absolute atomic E-state index is 0.276. The van der Waals surface area contributed by atoms with E-state index in [4.69, 9.17) is 24.7 Å². The molecule has 0 saturated carbocycles. The fourth-order valence-corrected chi connectivity index (χ4v) is 2.59. The third-order valence-electron chi connectivity index (χ3n) is 3.07. The van der Waals surface area contributed by atoms with E-state index >= 15 is 0 Å². The molecular formula is C16H24N2O4S.